The maximum Gasteiger partial charge on any atom is 0.462 e. The Labute approximate surface area is 177 Å². The Morgan fingerprint density at radius 3 is 2.16 bits per heavy atom. The fraction of sp³-hybridized carbons (Fsp3) is 0.316. The highest BCUT2D eigenvalue weighted by Gasteiger charge is 2.73. The quantitative estimate of drug-likeness (QED) is 0.210. The van der Waals surface area contributed by atoms with Crippen molar-refractivity contribution in [2.24, 2.45) is 5.10 Å². The van der Waals surface area contributed by atoms with E-state index in [1.54, 1.807) is 31.2 Å². The molecule has 0 spiro atoms. The monoisotopic (exact) mass is 472 g/mol. The number of nitrogens with zero attached hydrogens (tertiary/aromatic N) is 1. The van der Waals surface area contributed by atoms with E-state index >= 15 is 0 Å². The van der Waals surface area contributed by atoms with E-state index in [9.17, 15) is 30.7 Å². The first-order chi connectivity index (χ1) is 14.4. The van der Waals surface area contributed by atoms with Gasteiger partial charge in [0.15, 0.2) is 11.5 Å². The molecule has 0 unspecified atom stereocenters. The summed E-state index contributed by atoms with van der Waals surface area (Å²) in [5.74, 6) is -5.84. The molecule has 1 N–H and O–H groups in total. The van der Waals surface area contributed by atoms with Crippen LogP contribution in [0.1, 0.15) is 18.1 Å². The Bertz CT molecular complexity index is 903. The Kier molecular flexibility index (Phi) is 7.63. The van der Waals surface area contributed by atoms with Crippen molar-refractivity contribution >= 4 is 17.8 Å². The number of nitrogens with one attached hydrogen (secondary N) is 1. The SMILES string of the molecule is CCOc1cc(/C=N/NC(F)(F)C(F)(F)C(F)(F)F)ccc1OCc1ccc(Cl)cc1. The molecule has 0 saturated carbocycles. The van der Waals surface area contributed by atoms with Crippen LogP contribution in [0.25, 0.3) is 0 Å². The summed E-state index contributed by atoms with van der Waals surface area (Å²) in [6.45, 7) is 2.04. The molecule has 2 aromatic rings. The summed E-state index contributed by atoms with van der Waals surface area (Å²) in [5, 5.41) is 3.36. The van der Waals surface area contributed by atoms with Gasteiger partial charge in [0.25, 0.3) is 0 Å². The molecular formula is C19H16ClF7N2O2. The van der Waals surface area contributed by atoms with E-state index in [1.165, 1.54) is 18.2 Å². The zero-order chi connectivity index (χ0) is 23.3. The number of rotatable bonds is 9. The minimum Gasteiger partial charge on any atom is -0.490 e. The smallest absolute Gasteiger partial charge is 0.462 e. The zero-order valence-electron chi connectivity index (χ0n) is 15.8. The van der Waals surface area contributed by atoms with Gasteiger partial charge < -0.3 is 9.47 Å². The van der Waals surface area contributed by atoms with Gasteiger partial charge in [0.2, 0.25) is 0 Å². The van der Waals surface area contributed by atoms with E-state index in [-0.39, 0.29) is 30.3 Å². The second-order valence-electron chi connectivity index (χ2n) is 6.07. The fourth-order valence-electron chi connectivity index (χ4n) is 2.17. The molecule has 0 atom stereocenters. The molecule has 0 radical (unpaired) electrons. The minimum absolute atomic E-state index is 0.0842. The highest BCUT2D eigenvalue weighted by atomic mass is 35.5. The summed E-state index contributed by atoms with van der Waals surface area (Å²) in [6, 6.07) is 5.22. The van der Waals surface area contributed by atoms with Crippen LogP contribution < -0.4 is 14.9 Å². The van der Waals surface area contributed by atoms with Crippen LogP contribution in [0.15, 0.2) is 47.6 Å². The molecule has 0 aliphatic heterocycles. The van der Waals surface area contributed by atoms with Crippen molar-refractivity contribution in [2.45, 2.75) is 31.7 Å². The molecule has 0 aliphatic carbocycles. The number of ether oxygens (including phenoxy) is 2. The van der Waals surface area contributed by atoms with E-state index in [0.717, 1.165) is 5.56 Å². The molecule has 0 fully saturated rings. The topological polar surface area (TPSA) is 42.8 Å². The lowest BCUT2D eigenvalue weighted by molar-refractivity contribution is -0.361. The molecular weight excluding hydrogens is 457 g/mol. The molecule has 31 heavy (non-hydrogen) atoms. The van der Waals surface area contributed by atoms with E-state index in [2.05, 4.69) is 5.10 Å². The number of hydrogen-bond donors (Lipinski definition) is 1. The lowest BCUT2D eigenvalue weighted by Gasteiger charge is -2.27. The Hall–Kier alpha value is -2.69. The van der Waals surface area contributed by atoms with Crippen LogP contribution in [0, 0.1) is 0 Å². The molecule has 0 heterocycles. The molecule has 0 amide bonds. The standard InChI is InChI=1S/C19H16ClF7N2O2/c1-2-30-16-9-13(10-28-29-19(26,27)17(21,22)18(23,24)25)5-8-15(16)31-11-12-3-6-14(20)7-4-12/h3-10,29H,2,11H2,1H3/b28-10+. The molecule has 2 rings (SSSR count). The van der Waals surface area contributed by atoms with Crippen molar-refractivity contribution in [2.75, 3.05) is 6.61 Å². The van der Waals surface area contributed by atoms with Crippen LogP contribution in [-0.4, -0.2) is 31.0 Å². The van der Waals surface area contributed by atoms with Crippen molar-refractivity contribution in [3.8, 4) is 11.5 Å². The highest BCUT2D eigenvalue weighted by Crippen LogP contribution is 2.45. The van der Waals surface area contributed by atoms with Gasteiger partial charge in [-0.2, -0.15) is 35.8 Å². The summed E-state index contributed by atoms with van der Waals surface area (Å²) < 4.78 is 99.5. The van der Waals surface area contributed by atoms with Crippen LogP contribution in [0.2, 0.25) is 5.02 Å². The first-order valence-corrected chi connectivity index (χ1v) is 9.02. The van der Waals surface area contributed by atoms with Crippen LogP contribution in [0.3, 0.4) is 0 Å². The van der Waals surface area contributed by atoms with Crippen molar-refractivity contribution in [3.05, 3.63) is 58.6 Å². The fourth-order valence-corrected chi connectivity index (χ4v) is 2.30. The van der Waals surface area contributed by atoms with Gasteiger partial charge in [0.1, 0.15) is 6.61 Å². The molecule has 170 valence electrons. The molecule has 12 heteroatoms. The summed E-state index contributed by atoms with van der Waals surface area (Å²) >= 11 is 5.81. The Balaban J connectivity index is 2.11. The average Bonchev–Trinajstić information content (AvgIpc) is 2.68. The van der Waals surface area contributed by atoms with E-state index in [1.807, 2.05) is 0 Å². The van der Waals surface area contributed by atoms with Crippen LogP contribution in [-0.2, 0) is 6.61 Å². The second-order valence-corrected chi connectivity index (χ2v) is 6.51. The number of halogens is 8. The third-order valence-corrected chi connectivity index (χ3v) is 4.00. The van der Waals surface area contributed by atoms with Gasteiger partial charge in [-0.25, -0.2) is 5.43 Å². The number of alkyl halides is 7. The summed E-state index contributed by atoms with van der Waals surface area (Å²) in [5.41, 5.74) is 1.44. The molecule has 0 bridgehead atoms. The summed E-state index contributed by atoms with van der Waals surface area (Å²) in [4.78, 5) is 0. The lowest BCUT2D eigenvalue weighted by Crippen LogP contribution is -2.58. The highest BCUT2D eigenvalue weighted by molar-refractivity contribution is 6.30. The second kappa shape index (κ2) is 9.63. The number of hydrogen-bond acceptors (Lipinski definition) is 4. The van der Waals surface area contributed by atoms with Crippen molar-refractivity contribution in [3.63, 3.8) is 0 Å². The van der Waals surface area contributed by atoms with Crippen molar-refractivity contribution < 1.29 is 40.2 Å². The number of hydrazone groups is 1. The van der Waals surface area contributed by atoms with Gasteiger partial charge in [0.05, 0.1) is 12.8 Å². The van der Waals surface area contributed by atoms with Gasteiger partial charge in [-0.3, -0.25) is 0 Å². The van der Waals surface area contributed by atoms with Gasteiger partial charge in [0, 0.05) is 5.02 Å². The third-order valence-electron chi connectivity index (χ3n) is 3.74. The lowest BCUT2D eigenvalue weighted by atomic mass is 10.2. The normalized spacial score (nSPS) is 12.8. The van der Waals surface area contributed by atoms with Crippen molar-refractivity contribution in [1.29, 1.82) is 0 Å². The van der Waals surface area contributed by atoms with Gasteiger partial charge in [-0.1, -0.05) is 23.7 Å². The molecule has 0 aromatic heterocycles. The maximum absolute atomic E-state index is 13.2. The van der Waals surface area contributed by atoms with Crippen molar-refractivity contribution in [1.82, 2.24) is 5.43 Å². The predicted molar refractivity (Wildman–Crippen MR) is 100 cm³/mol. The Morgan fingerprint density at radius 1 is 0.935 bits per heavy atom. The summed E-state index contributed by atoms with van der Waals surface area (Å²) in [7, 11) is 0. The molecule has 2 aromatic carbocycles. The predicted octanol–water partition coefficient (Wildman–Crippen LogP) is 6.03. The third kappa shape index (κ3) is 6.16. The zero-order valence-corrected chi connectivity index (χ0v) is 16.6. The molecule has 4 nitrogen and oxygen atoms in total. The van der Waals surface area contributed by atoms with Crippen LogP contribution in [0.4, 0.5) is 30.7 Å². The van der Waals surface area contributed by atoms with E-state index in [0.29, 0.717) is 16.7 Å². The van der Waals surface area contributed by atoms with E-state index in [4.69, 9.17) is 21.1 Å². The Morgan fingerprint density at radius 2 is 1.58 bits per heavy atom. The van der Waals surface area contributed by atoms with Gasteiger partial charge in [-0.05, 0) is 48.4 Å². The largest absolute Gasteiger partial charge is 0.490 e. The van der Waals surface area contributed by atoms with E-state index < -0.39 is 18.1 Å². The van der Waals surface area contributed by atoms with Crippen LogP contribution >= 0.6 is 11.6 Å². The number of benzene rings is 2. The molecule has 0 aliphatic rings. The average molecular weight is 473 g/mol. The van der Waals surface area contributed by atoms with Gasteiger partial charge >= 0.3 is 18.1 Å². The van der Waals surface area contributed by atoms with Gasteiger partial charge in [-0.15, -0.1) is 0 Å². The summed E-state index contributed by atoms with van der Waals surface area (Å²) in [6.07, 6.45) is -5.81. The van der Waals surface area contributed by atoms with Crippen LogP contribution in [0.5, 0.6) is 11.5 Å². The first-order valence-electron chi connectivity index (χ1n) is 8.64. The minimum atomic E-state index is -6.45. The maximum atomic E-state index is 13.2. The first kappa shape index (κ1) is 24.6. The molecule has 0 saturated heterocycles.